The normalized spacial score (nSPS) is 10.2. The summed E-state index contributed by atoms with van der Waals surface area (Å²) >= 11 is 0. The van der Waals surface area contributed by atoms with E-state index in [0.29, 0.717) is 0 Å². The van der Waals surface area contributed by atoms with Crippen LogP contribution >= 0.6 is 0 Å². The van der Waals surface area contributed by atoms with E-state index < -0.39 is 0 Å². The zero-order valence-electron chi connectivity index (χ0n) is 14.9. The maximum absolute atomic E-state index is 3.76. The van der Waals surface area contributed by atoms with E-state index in [9.17, 15) is 0 Å². The minimum absolute atomic E-state index is 0. The maximum atomic E-state index is 3.76. The van der Waals surface area contributed by atoms with Gasteiger partial charge in [-0.05, 0) is 12.8 Å². The first-order chi connectivity index (χ1) is 8.91. The molecule has 19 heavy (non-hydrogen) atoms. The predicted octanol–water partition coefficient (Wildman–Crippen LogP) is 4.16. The van der Waals surface area contributed by atoms with Gasteiger partial charge in [0.15, 0.2) is 0 Å². The summed E-state index contributed by atoms with van der Waals surface area (Å²) in [4.78, 5) is 0. The Bertz CT molecular complexity index is 159. The Kier molecular flexibility index (Phi) is 25.8. The summed E-state index contributed by atoms with van der Waals surface area (Å²) in [6, 6.07) is 0. The van der Waals surface area contributed by atoms with Crippen molar-refractivity contribution in [1.29, 1.82) is 0 Å². The van der Waals surface area contributed by atoms with Crippen LogP contribution in [-0.2, 0) is 0 Å². The van der Waals surface area contributed by atoms with Crippen LogP contribution in [0.5, 0.6) is 0 Å². The number of unbranched alkanes of at least 4 members (excludes halogenated alkanes) is 14. The first-order valence-electron chi connectivity index (χ1n) is 8.52. The second-order valence-electron chi connectivity index (χ2n) is 5.67. The van der Waals surface area contributed by atoms with Crippen LogP contribution in [0.2, 0.25) is 0 Å². The van der Waals surface area contributed by atoms with Crippen molar-refractivity contribution in [3.8, 4) is 0 Å². The SMILES string of the molecule is C=CCCCCCCCCCCCCCCCC.[H-].[K+]. The van der Waals surface area contributed by atoms with Gasteiger partial charge in [-0.1, -0.05) is 96.5 Å². The molecule has 0 rings (SSSR count). The average Bonchev–Trinajstić information content (AvgIpc) is 2.39. The minimum Gasteiger partial charge on any atom is -1.00 e. The molecular formula is C18H37K. The molecule has 0 nitrogen and oxygen atoms in total. The molecule has 0 atom stereocenters. The number of allylic oxidation sites excluding steroid dienone is 1. The van der Waals surface area contributed by atoms with Crippen LogP contribution in [-0.4, -0.2) is 0 Å². The Morgan fingerprint density at radius 3 is 1.26 bits per heavy atom. The molecule has 0 N–H and O–H groups in total. The fourth-order valence-electron chi connectivity index (χ4n) is 2.48. The van der Waals surface area contributed by atoms with Crippen molar-refractivity contribution in [3.05, 3.63) is 12.7 Å². The second-order valence-corrected chi connectivity index (χ2v) is 5.67. The second kappa shape index (κ2) is 21.7. The molecule has 0 radical (unpaired) electrons. The molecule has 1 heteroatoms. The topological polar surface area (TPSA) is 0 Å². The predicted molar refractivity (Wildman–Crippen MR) is 86.2 cm³/mol. The van der Waals surface area contributed by atoms with E-state index in [1.165, 1.54) is 96.3 Å². The Hall–Kier alpha value is 1.38. The molecule has 0 aliphatic heterocycles. The van der Waals surface area contributed by atoms with E-state index in [2.05, 4.69) is 13.5 Å². The molecular weight excluding hydrogens is 255 g/mol. The third-order valence-corrected chi connectivity index (χ3v) is 3.76. The van der Waals surface area contributed by atoms with Gasteiger partial charge in [0.25, 0.3) is 0 Å². The van der Waals surface area contributed by atoms with Crippen LogP contribution in [0.1, 0.15) is 105 Å². The van der Waals surface area contributed by atoms with Gasteiger partial charge in [0.1, 0.15) is 0 Å². The quantitative estimate of drug-likeness (QED) is 0.241. The van der Waals surface area contributed by atoms with Gasteiger partial charge in [-0.3, -0.25) is 0 Å². The molecule has 0 spiro atoms. The van der Waals surface area contributed by atoms with Gasteiger partial charge in [0.2, 0.25) is 0 Å². The molecule has 0 unspecified atom stereocenters. The van der Waals surface area contributed by atoms with E-state index in [1.807, 2.05) is 6.08 Å². The minimum atomic E-state index is 0. The summed E-state index contributed by atoms with van der Waals surface area (Å²) in [5, 5.41) is 0. The van der Waals surface area contributed by atoms with Crippen molar-refractivity contribution >= 4 is 0 Å². The standard InChI is InChI=1S/C18H36.K.H/c1-3-5-7-9-11-13-15-17-18-16-14-12-10-8-6-4-2;;/h3H,1,4-18H2,2H3;;/q;+1;-1. The molecule has 0 amide bonds. The smallest absolute Gasteiger partial charge is 1.00 e. The van der Waals surface area contributed by atoms with Gasteiger partial charge in [-0.15, -0.1) is 6.58 Å². The van der Waals surface area contributed by atoms with Gasteiger partial charge >= 0.3 is 51.4 Å². The van der Waals surface area contributed by atoms with E-state index in [4.69, 9.17) is 0 Å². The first-order valence-corrected chi connectivity index (χ1v) is 8.52. The van der Waals surface area contributed by atoms with E-state index >= 15 is 0 Å². The van der Waals surface area contributed by atoms with Crippen LogP contribution < -0.4 is 51.4 Å². The van der Waals surface area contributed by atoms with Crippen LogP contribution in [0, 0.1) is 0 Å². The van der Waals surface area contributed by atoms with Gasteiger partial charge in [-0.2, -0.15) is 0 Å². The van der Waals surface area contributed by atoms with Gasteiger partial charge in [0, 0.05) is 0 Å². The Balaban J connectivity index is -0.00000144. The maximum Gasteiger partial charge on any atom is 1.00 e. The summed E-state index contributed by atoms with van der Waals surface area (Å²) in [5.74, 6) is 0. The van der Waals surface area contributed by atoms with E-state index in [-0.39, 0.29) is 52.8 Å². The van der Waals surface area contributed by atoms with Gasteiger partial charge < -0.3 is 1.43 Å². The zero-order chi connectivity index (χ0) is 13.3. The molecule has 110 valence electrons. The number of hydrogen-bond donors (Lipinski definition) is 0. The average molecular weight is 293 g/mol. The Morgan fingerprint density at radius 1 is 0.632 bits per heavy atom. The monoisotopic (exact) mass is 292 g/mol. The van der Waals surface area contributed by atoms with Crippen molar-refractivity contribution in [3.63, 3.8) is 0 Å². The van der Waals surface area contributed by atoms with E-state index in [1.54, 1.807) is 0 Å². The van der Waals surface area contributed by atoms with Crippen molar-refractivity contribution < 1.29 is 52.8 Å². The number of hydrogen-bond acceptors (Lipinski definition) is 0. The molecule has 0 saturated heterocycles. The zero-order valence-corrected chi connectivity index (χ0v) is 17.0. The van der Waals surface area contributed by atoms with E-state index in [0.717, 1.165) is 0 Å². The van der Waals surface area contributed by atoms with Crippen molar-refractivity contribution in [1.82, 2.24) is 0 Å². The van der Waals surface area contributed by atoms with Crippen molar-refractivity contribution in [2.24, 2.45) is 0 Å². The van der Waals surface area contributed by atoms with Crippen LogP contribution in [0.15, 0.2) is 12.7 Å². The van der Waals surface area contributed by atoms with Crippen molar-refractivity contribution in [2.75, 3.05) is 0 Å². The van der Waals surface area contributed by atoms with Crippen LogP contribution in [0.3, 0.4) is 0 Å². The summed E-state index contributed by atoms with van der Waals surface area (Å²) in [6.07, 6.45) is 23.5. The Labute approximate surface area is 167 Å². The third-order valence-electron chi connectivity index (χ3n) is 3.76. The van der Waals surface area contributed by atoms with Crippen molar-refractivity contribution in [2.45, 2.75) is 103 Å². The summed E-state index contributed by atoms with van der Waals surface area (Å²) in [7, 11) is 0. The van der Waals surface area contributed by atoms with Crippen LogP contribution in [0.25, 0.3) is 0 Å². The van der Waals surface area contributed by atoms with Gasteiger partial charge in [-0.25, -0.2) is 0 Å². The van der Waals surface area contributed by atoms with Gasteiger partial charge in [0.05, 0.1) is 0 Å². The fraction of sp³-hybridized carbons (Fsp3) is 0.889. The Morgan fingerprint density at radius 2 is 0.947 bits per heavy atom. The molecule has 0 aromatic heterocycles. The molecule has 0 heterocycles. The molecule has 0 aliphatic carbocycles. The molecule has 0 aromatic rings. The summed E-state index contributed by atoms with van der Waals surface area (Å²) in [6.45, 7) is 6.05. The largest absolute Gasteiger partial charge is 1.00 e. The molecule has 0 fully saturated rings. The molecule has 0 bridgehead atoms. The third kappa shape index (κ3) is 21.8. The summed E-state index contributed by atoms with van der Waals surface area (Å²) < 4.78 is 0. The molecule has 0 aromatic carbocycles. The fourth-order valence-corrected chi connectivity index (χ4v) is 2.48. The first kappa shape index (κ1) is 22.7. The number of rotatable bonds is 15. The van der Waals surface area contributed by atoms with Crippen LogP contribution in [0.4, 0.5) is 0 Å². The molecule has 0 saturated carbocycles. The molecule has 0 aliphatic rings. The summed E-state index contributed by atoms with van der Waals surface area (Å²) in [5.41, 5.74) is 0.